The van der Waals surface area contributed by atoms with Crippen LogP contribution < -0.4 is 5.73 Å². The minimum Gasteiger partial charge on any atom is -0.420 e. The van der Waals surface area contributed by atoms with Crippen molar-refractivity contribution < 1.29 is 4.42 Å². The third-order valence-corrected chi connectivity index (χ3v) is 2.67. The summed E-state index contributed by atoms with van der Waals surface area (Å²) in [6, 6.07) is 5.68. The summed E-state index contributed by atoms with van der Waals surface area (Å²) in [7, 11) is 0. The summed E-state index contributed by atoms with van der Waals surface area (Å²) in [5, 5.41) is 8.16. The van der Waals surface area contributed by atoms with Gasteiger partial charge in [-0.25, -0.2) is 0 Å². The van der Waals surface area contributed by atoms with Gasteiger partial charge in [-0.05, 0) is 24.6 Å². The molecule has 0 aliphatic heterocycles. The van der Waals surface area contributed by atoms with E-state index in [1.807, 2.05) is 45.9 Å². The van der Waals surface area contributed by atoms with Crippen molar-refractivity contribution in [3.8, 4) is 11.5 Å². The number of hydrogen-bond acceptors (Lipinski definition) is 4. The van der Waals surface area contributed by atoms with Crippen molar-refractivity contribution in [2.45, 2.75) is 33.1 Å². The zero-order valence-corrected chi connectivity index (χ0v) is 10.6. The highest BCUT2D eigenvalue weighted by Crippen LogP contribution is 2.28. The number of hydrogen-bond donors (Lipinski definition) is 1. The highest BCUT2D eigenvalue weighted by molar-refractivity contribution is 5.66. The van der Waals surface area contributed by atoms with Crippen molar-refractivity contribution in [3.05, 3.63) is 29.7 Å². The number of rotatable bonds is 1. The average molecular weight is 231 g/mol. The van der Waals surface area contributed by atoms with E-state index in [1.54, 1.807) is 0 Å². The molecule has 0 aliphatic carbocycles. The van der Waals surface area contributed by atoms with Crippen LogP contribution in [0.5, 0.6) is 0 Å². The van der Waals surface area contributed by atoms with Gasteiger partial charge in [0.1, 0.15) is 0 Å². The number of nitrogens with two attached hydrogens (primary N) is 1. The lowest BCUT2D eigenvalue weighted by Crippen LogP contribution is -2.11. The fourth-order valence-corrected chi connectivity index (χ4v) is 1.52. The predicted molar refractivity (Wildman–Crippen MR) is 67.6 cm³/mol. The molecule has 0 radical (unpaired) electrons. The Balaban J connectivity index is 2.48. The first kappa shape index (κ1) is 11.6. The summed E-state index contributed by atoms with van der Waals surface area (Å²) in [6.45, 7) is 8.06. The number of aromatic nitrogens is 2. The molecule has 0 fully saturated rings. The molecule has 0 aliphatic rings. The van der Waals surface area contributed by atoms with Gasteiger partial charge in [-0.15, -0.1) is 10.2 Å². The van der Waals surface area contributed by atoms with E-state index < -0.39 is 0 Å². The van der Waals surface area contributed by atoms with Crippen molar-refractivity contribution in [1.29, 1.82) is 0 Å². The largest absolute Gasteiger partial charge is 0.420 e. The Morgan fingerprint density at radius 1 is 1.18 bits per heavy atom. The fraction of sp³-hybridized carbons (Fsp3) is 0.385. The Kier molecular flexibility index (Phi) is 2.65. The van der Waals surface area contributed by atoms with Crippen LogP contribution in [0.1, 0.15) is 32.2 Å². The summed E-state index contributed by atoms with van der Waals surface area (Å²) in [5.41, 5.74) is 8.32. The van der Waals surface area contributed by atoms with Crippen LogP contribution in [0.25, 0.3) is 11.5 Å². The quantitative estimate of drug-likeness (QED) is 0.766. The van der Waals surface area contributed by atoms with Crippen molar-refractivity contribution in [2.75, 3.05) is 5.73 Å². The Hall–Kier alpha value is -1.84. The standard InChI is InChI=1S/C13H17N3O/c1-8-9(6-5-7-10(8)14)11-15-16-12(17-11)13(2,3)4/h5-7H,14H2,1-4H3. The molecule has 0 spiro atoms. The Morgan fingerprint density at radius 2 is 1.88 bits per heavy atom. The molecule has 0 amide bonds. The van der Waals surface area contributed by atoms with E-state index in [0.29, 0.717) is 11.8 Å². The van der Waals surface area contributed by atoms with Gasteiger partial charge >= 0.3 is 0 Å². The summed E-state index contributed by atoms with van der Waals surface area (Å²) in [4.78, 5) is 0. The van der Waals surface area contributed by atoms with Gasteiger partial charge in [-0.2, -0.15) is 0 Å². The van der Waals surface area contributed by atoms with Crippen LogP contribution in [0.2, 0.25) is 0 Å². The molecule has 4 heteroatoms. The molecular formula is C13H17N3O. The van der Waals surface area contributed by atoms with Crippen LogP contribution >= 0.6 is 0 Å². The molecule has 2 N–H and O–H groups in total. The van der Waals surface area contributed by atoms with Crippen LogP contribution in [0.4, 0.5) is 5.69 Å². The number of nitrogens with zero attached hydrogens (tertiary/aromatic N) is 2. The van der Waals surface area contributed by atoms with Crippen molar-refractivity contribution in [3.63, 3.8) is 0 Å². The van der Waals surface area contributed by atoms with E-state index in [1.165, 1.54) is 0 Å². The number of benzene rings is 1. The van der Waals surface area contributed by atoms with E-state index in [-0.39, 0.29) is 5.41 Å². The molecule has 0 saturated carbocycles. The van der Waals surface area contributed by atoms with Crippen LogP contribution in [0, 0.1) is 6.92 Å². The average Bonchev–Trinajstić information content (AvgIpc) is 2.70. The molecule has 2 rings (SSSR count). The van der Waals surface area contributed by atoms with Gasteiger partial charge in [0.05, 0.1) is 0 Å². The maximum absolute atomic E-state index is 5.86. The lowest BCUT2D eigenvalue weighted by molar-refractivity contribution is 0.399. The zero-order valence-electron chi connectivity index (χ0n) is 10.6. The Labute approximate surface area is 101 Å². The molecule has 0 atom stereocenters. The SMILES string of the molecule is Cc1c(N)cccc1-c1nnc(C(C)(C)C)o1. The highest BCUT2D eigenvalue weighted by atomic mass is 16.4. The topological polar surface area (TPSA) is 64.9 Å². The lowest BCUT2D eigenvalue weighted by atomic mass is 9.97. The second-order valence-electron chi connectivity index (χ2n) is 5.18. The smallest absolute Gasteiger partial charge is 0.248 e. The van der Waals surface area contributed by atoms with Crippen LogP contribution in [0.3, 0.4) is 0 Å². The van der Waals surface area contributed by atoms with Crippen LogP contribution in [-0.2, 0) is 5.41 Å². The maximum Gasteiger partial charge on any atom is 0.248 e. The van der Waals surface area contributed by atoms with Gasteiger partial charge in [0.2, 0.25) is 11.8 Å². The van der Waals surface area contributed by atoms with E-state index in [2.05, 4.69) is 10.2 Å². The molecular weight excluding hydrogens is 214 g/mol. The normalized spacial score (nSPS) is 11.8. The fourth-order valence-electron chi connectivity index (χ4n) is 1.52. The molecule has 0 saturated heterocycles. The molecule has 0 unspecified atom stereocenters. The Morgan fingerprint density at radius 3 is 2.47 bits per heavy atom. The van der Waals surface area contributed by atoms with Crippen LogP contribution in [0.15, 0.2) is 22.6 Å². The number of anilines is 1. The molecule has 0 bridgehead atoms. The van der Waals surface area contributed by atoms with E-state index in [0.717, 1.165) is 16.8 Å². The summed E-state index contributed by atoms with van der Waals surface area (Å²) in [6.07, 6.45) is 0. The molecule has 2 aromatic rings. The molecule has 90 valence electrons. The Bertz CT molecular complexity index is 538. The van der Waals surface area contributed by atoms with Gasteiger partial charge in [0, 0.05) is 16.7 Å². The molecule has 1 heterocycles. The van der Waals surface area contributed by atoms with Crippen molar-refractivity contribution in [1.82, 2.24) is 10.2 Å². The van der Waals surface area contributed by atoms with Crippen LogP contribution in [-0.4, -0.2) is 10.2 Å². The third-order valence-electron chi connectivity index (χ3n) is 2.67. The number of nitrogen functional groups attached to an aromatic ring is 1. The van der Waals surface area contributed by atoms with Gasteiger partial charge in [0.15, 0.2) is 0 Å². The zero-order chi connectivity index (χ0) is 12.6. The molecule has 1 aromatic carbocycles. The first-order valence-electron chi connectivity index (χ1n) is 5.59. The van der Waals surface area contributed by atoms with Gasteiger partial charge in [0.25, 0.3) is 0 Å². The lowest BCUT2D eigenvalue weighted by Gasteiger charge is -2.11. The van der Waals surface area contributed by atoms with E-state index in [9.17, 15) is 0 Å². The van der Waals surface area contributed by atoms with Gasteiger partial charge < -0.3 is 10.2 Å². The third kappa shape index (κ3) is 2.16. The summed E-state index contributed by atoms with van der Waals surface area (Å²) in [5.74, 6) is 1.16. The second kappa shape index (κ2) is 3.87. The minimum atomic E-state index is -0.139. The molecule has 1 aromatic heterocycles. The second-order valence-corrected chi connectivity index (χ2v) is 5.18. The van der Waals surface area contributed by atoms with E-state index in [4.69, 9.17) is 10.2 Å². The van der Waals surface area contributed by atoms with Gasteiger partial charge in [-0.3, -0.25) is 0 Å². The van der Waals surface area contributed by atoms with Gasteiger partial charge in [-0.1, -0.05) is 26.8 Å². The summed E-state index contributed by atoms with van der Waals surface area (Å²) >= 11 is 0. The highest BCUT2D eigenvalue weighted by Gasteiger charge is 2.22. The first-order chi connectivity index (χ1) is 7.89. The first-order valence-corrected chi connectivity index (χ1v) is 5.59. The maximum atomic E-state index is 5.86. The molecule has 4 nitrogen and oxygen atoms in total. The van der Waals surface area contributed by atoms with Crippen molar-refractivity contribution in [2.24, 2.45) is 0 Å². The minimum absolute atomic E-state index is 0.139. The monoisotopic (exact) mass is 231 g/mol. The predicted octanol–water partition coefficient (Wildman–Crippen LogP) is 2.92. The van der Waals surface area contributed by atoms with Crippen molar-refractivity contribution >= 4 is 5.69 Å². The molecule has 17 heavy (non-hydrogen) atoms. The van der Waals surface area contributed by atoms with E-state index >= 15 is 0 Å². The summed E-state index contributed by atoms with van der Waals surface area (Å²) < 4.78 is 5.69.